The first-order valence-electron chi connectivity index (χ1n) is 6.63. The summed E-state index contributed by atoms with van der Waals surface area (Å²) in [5, 5.41) is 10.2. The Morgan fingerprint density at radius 1 is 1.29 bits per heavy atom. The second-order valence-electron chi connectivity index (χ2n) is 5.09. The molecule has 0 spiro atoms. The molecule has 3 rings (SSSR count). The highest BCUT2D eigenvalue weighted by Crippen LogP contribution is 2.34. The van der Waals surface area contributed by atoms with Crippen molar-refractivity contribution in [2.75, 3.05) is 19.0 Å². The smallest absolute Gasteiger partial charge is 0.475 e. The fraction of sp³-hybridized carbons (Fsp3) is 0.200. The highest BCUT2D eigenvalue weighted by molar-refractivity contribution is 6.32. The fourth-order valence-corrected chi connectivity index (χ4v) is 2.37. The van der Waals surface area contributed by atoms with Gasteiger partial charge in [-0.2, -0.15) is 13.2 Å². The number of hydrogen-bond donors (Lipinski definition) is 2. The lowest BCUT2D eigenvalue weighted by Gasteiger charge is -2.13. The summed E-state index contributed by atoms with van der Waals surface area (Å²) in [5.74, 6) is -2.76. The molecule has 0 aliphatic carbocycles. The van der Waals surface area contributed by atoms with Crippen molar-refractivity contribution in [3.63, 3.8) is 0 Å². The average molecular weight is 360 g/mol. The van der Waals surface area contributed by atoms with Crippen LogP contribution in [0.5, 0.6) is 0 Å². The normalized spacial score (nSPS) is 11.2. The first-order valence-corrected chi connectivity index (χ1v) is 7.01. The SMILES string of the molecule is CN(C)c1cc(Cl)cc2c1[nH]c1cnccc12.O=C(O)C(F)(F)F. The summed E-state index contributed by atoms with van der Waals surface area (Å²) in [6.45, 7) is 0. The molecule has 0 aliphatic rings. The Labute approximate surface area is 139 Å². The van der Waals surface area contributed by atoms with Gasteiger partial charge in [0.05, 0.1) is 22.9 Å². The number of carboxylic acids is 1. The zero-order chi connectivity index (χ0) is 18.1. The van der Waals surface area contributed by atoms with Gasteiger partial charge < -0.3 is 15.0 Å². The molecule has 5 nitrogen and oxygen atoms in total. The Kier molecular flexibility index (Phi) is 4.88. The van der Waals surface area contributed by atoms with Gasteiger partial charge in [0.15, 0.2) is 0 Å². The van der Waals surface area contributed by atoms with Crippen LogP contribution in [0.3, 0.4) is 0 Å². The number of hydrogen-bond acceptors (Lipinski definition) is 3. The number of anilines is 1. The molecule has 0 bridgehead atoms. The van der Waals surface area contributed by atoms with Crippen LogP contribution < -0.4 is 4.90 Å². The van der Waals surface area contributed by atoms with Crippen LogP contribution in [0.25, 0.3) is 21.8 Å². The number of carbonyl (C=O) groups is 1. The maximum atomic E-state index is 10.6. The van der Waals surface area contributed by atoms with Gasteiger partial charge in [0.25, 0.3) is 0 Å². The maximum absolute atomic E-state index is 10.6. The lowest BCUT2D eigenvalue weighted by atomic mass is 10.1. The van der Waals surface area contributed by atoms with Crippen LogP contribution in [-0.2, 0) is 4.79 Å². The van der Waals surface area contributed by atoms with Gasteiger partial charge in [-0.1, -0.05) is 11.6 Å². The molecule has 3 aromatic rings. The van der Waals surface area contributed by atoms with Crippen LogP contribution in [0.4, 0.5) is 18.9 Å². The first kappa shape index (κ1) is 17.9. The largest absolute Gasteiger partial charge is 0.490 e. The quantitative estimate of drug-likeness (QED) is 0.687. The highest BCUT2D eigenvalue weighted by atomic mass is 35.5. The molecule has 2 aromatic heterocycles. The van der Waals surface area contributed by atoms with E-state index in [1.165, 1.54) is 0 Å². The maximum Gasteiger partial charge on any atom is 0.490 e. The van der Waals surface area contributed by atoms with Crippen LogP contribution in [-0.4, -0.2) is 41.3 Å². The molecule has 0 atom stereocenters. The van der Waals surface area contributed by atoms with Crippen molar-refractivity contribution in [1.82, 2.24) is 9.97 Å². The number of aliphatic carboxylic acids is 1. The summed E-state index contributed by atoms with van der Waals surface area (Å²) in [6, 6.07) is 5.96. The molecular weight excluding hydrogens is 347 g/mol. The zero-order valence-electron chi connectivity index (χ0n) is 12.6. The number of fused-ring (bicyclic) bond motifs is 3. The molecule has 0 fully saturated rings. The zero-order valence-corrected chi connectivity index (χ0v) is 13.4. The van der Waals surface area contributed by atoms with Gasteiger partial charge in [-0.15, -0.1) is 0 Å². The number of nitrogens with zero attached hydrogens (tertiary/aromatic N) is 2. The Morgan fingerprint density at radius 3 is 2.46 bits per heavy atom. The van der Waals surface area contributed by atoms with E-state index in [4.69, 9.17) is 21.5 Å². The predicted molar refractivity (Wildman–Crippen MR) is 86.6 cm³/mol. The fourth-order valence-electron chi connectivity index (χ4n) is 2.15. The van der Waals surface area contributed by atoms with Crippen molar-refractivity contribution in [2.24, 2.45) is 0 Å². The van der Waals surface area contributed by atoms with Gasteiger partial charge in [0.2, 0.25) is 0 Å². The van der Waals surface area contributed by atoms with Crippen LogP contribution in [0.2, 0.25) is 5.02 Å². The topological polar surface area (TPSA) is 69.2 Å². The average Bonchev–Trinajstić information content (AvgIpc) is 2.84. The summed E-state index contributed by atoms with van der Waals surface area (Å²) in [4.78, 5) is 18.5. The molecule has 0 unspecified atom stereocenters. The van der Waals surface area contributed by atoms with E-state index in [0.29, 0.717) is 0 Å². The lowest BCUT2D eigenvalue weighted by Crippen LogP contribution is -2.21. The Balaban J connectivity index is 0.000000256. The molecule has 1 aromatic carbocycles. The number of aromatic amines is 1. The van der Waals surface area contributed by atoms with E-state index in [1.807, 2.05) is 38.5 Å². The van der Waals surface area contributed by atoms with Crippen molar-refractivity contribution >= 4 is 45.1 Å². The lowest BCUT2D eigenvalue weighted by molar-refractivity contribution is -0.192. The summed E-state index contributed by atoms with van der Waals surface area (Å²) in [5.41, 5.74) is 3.22. The molecule has 128 valence electrons. The second kappa shape index (κ2) is 6.56. The van der Waals surface area contributed by atoms with E-state index in [2.05, 4.69) is 14.9 Å². The third-order valence-electron chi connectivity index (χ3n) is 3.18. The van der Waals surface area contributed by atoms with Crippen molar-refractivity contribution in [2.45, 2.75) is 6.18 Å². The van der Waals surface area contributed by atoms with Crippen LogP contribution in [0.15, 0.2) is 30.6 Å². The van der Waals surface area contributed by atoms with Gasteiger partial charge in [-0.25, -0.2) is 4.79 Å². The van der Waals surface area contributed by atoms with Gasteiger partial charge in [0, 0.05) is 36.1 Å². The molecule has 0 aliphatic heterocycles. The number of benzene rings is 1. The second-order valence-corrected chi connectivity index (χ2v) is 5.53. The Bertz CT molecular complexity index is 891. The monoisotopic (exact) mass is 359 g/mol. The summed E-state index contributed by atoms with van der Waals surface area (Å²) >= 11 is 6.17. The van der Waals surface area contributed by atoms with E-state index in [9.17, 15) is 13.2 Å². The van der Waals surface area contributed by atoms with E-state index in [1.54, 1.807) is 6.20 Å². The minimum atomic E-state index is -5.08. The van der Waals surface area contributed by atoms with Crippen LogP contribution >= 0.6 is 11.6 Å². The summed E-state index contributed by atoms with van der Waals surface area (Å²) < 4.78 is 31.7. The molecule has 0 radical (unpaired) electrons. The number of H-pyrrole nitrogens is 1. The Morgan fingerprint density at radius 2 is 1.92 bits per heavy atom. The molecule has 24 heavy (non-hydrogen) atoms. The molecule has 0 amide bonds. The van der Waals surface area contributed by atoms with Crippen molar-refractivity contribution in [3.8, 4) is 0 Å². The third-order valence-corrected chi connectivity index (χ3v) is 3.40. The van der Waals surface area contributed by atoms with Crippen molar-refractivity contribution < 1.29 is 23.1 Å². The van der Waals surface area contributed by atoms with Gasteiger partial charge in [-0.05, 0) is 18.2 Å². The molecule has 2 heterocycles. The number of alkyl halides is 3. The molecule has 2 N–H and O–H groups in total. The van der Waals surface area contributed by atoms with E-state index < -0.39 is 12.1 Å². The number of halogens is 4. The summed E-state index contributed by atoms with van der Waals surface area (Å²) in [7, 11) is 4.02. The van der Waals surface area contributed by atoms with E-state index in [0.717, 1.165) is 32.5 Å². The molecule has 9 heteroatoms. The standard InChI is InChI=1S/C13H12ClN3.C2HF3O2/c1-17(2)12-6-8(14)5-10-9-3-4-15-7-11(9)16-13(10)12;3-2(4,5)1(6)7/h3-7,16H,1-2H3;(H,6,7). The van der Waals surface area contributed by atoms with Gasteiger partial charge >= 0.3 is 12.1 Å². The number of pyridine rings is 1. The van der Waals surface area contributed by atoms with Crippen LogP contribution in [0, 0.1) is 0 Å². The molecule has 0 saturated heterocycles. The molecule has 0 saturated carbocycles. The van der Waals surface area contributed by atoms with Crippen LogP contribution in [0.1, 0.15) is 0 Å². The van der Waals surface area contributed by atoms with Crippen molar-refractivity contribution in [1.29, 1.82) is 0 Å². The van der Waals surface area contributed by atoms with E-state index in [-0.39, 0.29) is 0 Å². The number of aromatic nitrogens is 2. The Hall–Kier alpha value is -2.48. The molecular formula is C15H13ClF3N3O2. The first-order chi connectivity index (χ1) is 11.1. The number of carboxylic acid groups (broad SMARTS) is 1. The minimum absolute atomic E-state index is 0.749. The summed E-state index contributed by atoms with van der Waals surface area (Å²) in [6.07, 6.45) is -1.45. The number of rotatable bonds is 1. The van der Waals surface area contributed by atoms with Crippen molar-refractivity contribution in [3.05, 3.63) is 35.6 Å². The predicted octanol–water partition coefficient (Wildman–Crippen LogP) is 4.07. The minimum Gasteiger partial charge on any atom is -0.475 e. The third kappa shape index (κ3) is 3.70. The van der Waals surface area contributed by atoms with Gasteiger partial charge in [-0.3, -0.25) is 4.98 Å². The van der Waals surface area contributed by atoms with Gasteiger partial charge in [0.1, 0.15) is 0 Å². The van der Waals surface area contributed by atoms with E-state index >= 15 is 0 Å². The number of nitrogens with one attached hydrogen (secondary N) is 1. The highest BCUT2D eigenvalue weighted by Gasteiger charge is 2.38.